The van der Waals surface area contributed by atoms with Crippen molar-refractivity contribution in [3.63, 3.8) is 0 Å². The Kier molecular flexibility index (Phi) is 2.72. The molecule has 1 aliphatic carbocycles. The van der Waals surface area contributed by atoms with Gasteiger partial charge in [0.25, 0.3) is 0 Å². The lowest BCUT2D eigenvalue weighted by Gasteiger charge is -2.10. The van der Waals surface area contributed by atoms with Gasteiger partial charge in [0.15, 0.2) is 0 Å². The van der Waals surface area contributed by atoms with Gasteiger partial charge in [0, 0.05) is 28.8 Å². The smallest absolute Gasteiger partial charge is 0.0678 e. The highest BCUT2D eigenvalue weighted by Crippen LogP contribution is 2.30. The van der Waals surface area contributed by atoms with Crippen molar-refractivity contribution in [2.75, 3.05) is 0 Å². The summed E-state index contributed by atoms with van der Waals surface area (Å²) in [6, 6.07) is 2.07. The second-order valence-corrected chi connectivity index (χ2v) is 5.53. The quantitative estimate of drug-likeness (QED) is 0.812. The standard InChI is InChI=1S/C13H15BrN2/c14-12-9-16(8-10-3-1-2-4-10)13-7-15-6-5-11(12)13/h5-7,9-10H,1-4,8H2. The number of fused-ring (bicyclic) bond motifs is 1. The molecule has 16 heavy (non-hydrogen) atoms. The van der Waals surface area contributed by atoms with Crippen molar-refractivity contribution in [3.8, 4) is 0 Å². The third-order valence-electron chi connectivity index (χ3n) is 3.57. The molecular weight excluding hydrogens is 264 g/mol. The van der Waals surface area contributed by atoms with E-state index in [0.717, 1.165) is 12.5 Å². The van der Waals surface area contributed by atoms with Gasteiger partial charge in [-0.25, -0.2) is 0 Å². The highest BCUT2D eigenvalue weighted by molar-refractivity contribution is 9.10. The minimum atomic E-state index is 0.864. The number of rotatable bonds is 2. The molecule has 1 aliphatic rings. The first-order chi connectivity index (χ1) is 7.84. The number of aromatic nitrogens is 2. The van der Waals surface area contributed by atoms with E-state index >= 15 is 0 Å². The van der Waals surface area contributed by atoms with Crippen molar-refractivity contribution in [3.05, 3.63) is 29.1 Å². The maximum absolute atomic E-state index is 4.22. The van der Waals surface area contributed by atoms with E-state index in [-0.39, 0.29) is 0 Å². The molecule has 2 aromatic heterocycles. The zero-order valence-corrected chi connectivity index (χ0v) is 10.8. The van der Waals surface area contributed by atoms with Gasteiger partial charge in [0.1, 0.15) is 0 Å². The second kappa shape index (κ2) is 4.21. The van der Waals surface area contributed by atoms with Crippen LogP contribution in [-0.4, -0.2) is 9.55 Å². The predicted molar refractivity (Wildman–Crippen MR) is 69.4 cm³/mol. The molecular formula is C13H15BrN2. The Hall–Kier alpha value is -0.830. The Bertz CT molecular complexity index is 498. The predicted octanol–water partition coefficient (Wildman–Crippen LogP) is 3.99. The van der Waals surface area contributed by atoms with Gasteiger partial charge in [0.2, 0.25) is 0 Å². The third kappa shape index (κ3) is 1.77. The SMILES string of the molecule is Brc1cn(CC2CCCC2)c2cnccc12. The Labute approximate surface area is 104 Å². The summed E-state index contributed by atoms with van der Waals surface area (Å²) in [5.41, 5.74) is 1.25. The minimum absolute atomic E-state index is 0.864. The van der Waals surface area contributed by atoms with Crippen LogP contribution in [0.5, 0.6) is 0 Å². The van der Waals surface area contributed by atoms with Gasteiger partial charge in [0.05, 0.1) is 11.7 Å². The fourth-order valence-corrected chi connectivity index (χ4v) is 3.30. The van der Waals surface area contributed by atoms with E-state index in [2.05, 4.69) is 37.7 Å². The normalized spacial score (nSPS) is 17.3. The van der Waals surface area contributed by atoms with Crippen molar-refractivity contribution in [1.82, 2.24) is 9.55 Å². The zero-order valence-electron chi connectivity index (χ0n) is 9.19. The van der Waals surface area contributed by atoms with Crippen LogP contribution in [0.1, 0.15) is 25.7 Å². The first-order valence-electron chi connectivity index (χ1n) is 5.93. The monoisotopic (exact) mass is 278 g/mol. The van der Waals surface area contributed by atoms with E-state index in [1.807, 2.05) is 12.4 Å². The summed E-state index contributed by atoms with van der Waals surface area (Å²) in [7, 11) is 0. The lowest BCUT2D eigenvalue weighted by Crippen LogP contribution is -2.05. The first kappa shape index (κ1) is 10.3. The van der Waals surface area contributed by atoms with Gasteiger partial charge >= 0.3 is 0 Å². The van der Waals surface area contributed by atoms with Crippen molar-refractivity contribution >= 4 is 26.8 Å². The van der Waals surface area contributed by atoms with Crippen LogP contribution in [0.15, 0.2) is 29.1 Å². The number of halogens is 1. The van der Waals surface area contributed by atoms with Crippen molar-refractivity contribution < 1.29 is 0 Å². The lowest BCUT2D eigenvalue weighted by molar-refractivity contribution is 0.465. The van der Waals surface area contributed by atoms with Crippen molar-refractivity contribution in [2.24, 2.45) is 5.92 Å². The Morgan fingerprint density at radius 3 is 3.00 bits per heavy atom. The molecule has 0 radical (unpaired) electrons. The summed E-state index contributed by atoms with van der Waals surface area (Å²) < 4.78 is 3.53. The molecule has 1 saturated carbocycles. The highest BCUT2D eigenvalue weighted by Gasteiger charge is 2.16. The van der Waals surface area contributed by atoms with E-state index in [9.17, 15) is 0 Å². The molecule has 0 amide bonds. The zero-order chi connectivity index (χ0) is 11.0. The topological polar surface area (TPSA) is 17.8 Å². The van der Waals surface area contributed by atoms with E-state index < -0.39 is 0 Å². The summed E-state index contributed by atoms with van der Waals surface area (Å²) in [5, 5.41) is 1.27. The number of hydrogen-bond donors (Lipinski definition) is 0. The number of hydrogen-bond acceptors (Lipinski definition) is 1. The molecule has 0 saturated heterocycles. The first-order valence-corrected chi connectivity index (χ1v) is 6.72. The molecule has 0 unspecified atom stereocenters. The Balaban J connectivity index is 1.96. The molecule has 0 aliphatic heterocycles. The summed E-state index contributed by atoms with van der Waals surface area (Å²) in [6.45, 7) is 1.15. The Morgan fingerprint density at radius 1 is 1.38 bits per heavy atom. The number of pyridine rings is 1. The Morgan fingerprint density at radius 2 is 2.19 bits per heavy atom. The van der Waals surface area contributed by atoms with Crippen molar-refractivity contribution in [1.29, 1.82) is 0 Å². The van der Waals surface area contributed by atoms with E-state index in [1.54, 1.807) is 0 Å². The summed E-state index contributed by atoms with van der Waals surface area (Å²) in [5.74, 6) is 0.864. The van der Waals surface area contributed by atoms with Gasteiger partial charge in [-0.05, 0) is 40.8 Å². The summed E-state index contributed by atoms with van der Waals surface area (Å²) in [4.78, 5) is 4.22. The van der Waals surface area contributed by atoms with Crippen LogP contribution in [0.4, 0.5) is 0 Å². The maximum atomic E-state index is 4.22. The molecule has 0 N–H and O–H groups in total. The van der Waals surface area contributed by atoms with Gasteiger partial charge in [-0.3, -0.25) is 4.98 Å². The average Bonchev–Trinajstić information content (AvgIpc) is 2.90. The average molecular weight is 279 g/mol. The fraction of sp³-hybridized carbons (Fsp3) is 0.462. The van der Waals surface area contributed by atoms with Crippen LogP contribution < -0.4 is 0 Å². The largest absolute Gasteiger partial charge is 0.345 e. The van der Waals surface area contributed by atoms with Crippen LogP contribution >= 0.6 is 15.9 Å². The second-order valence-electron chi connectivity index (χ2n) is 4.67. The van der Waals surface area contributed by atoms with E-state index in [1.165, 1.54) is 41.1 Å². The van der Waals surface area contributed by atoms with Gasteiger partial charge < -0.3 is 4.57 Å². The molecule has 0 aromatic carbocycles. The van der Waals surface area contributed by atoms with E-state index in [0.29, 0.717) is 0 Å². The van der Waals surface area contributed by atoms with E-state index in [4.69, 9.17) is 0 Å². The molecule has 1 fully saturated rings. The van der Waals surface area contributed by atoms with Gasteiger partial charge in [-0.1, -0.05) is 12.8 Å². The lowest BCUT2D eigenvalue weighted by atomic mass is 10.1. The summed E-state index contributed by atoms with van der Waals surface area (Å²) >= 11 is 3.62. The summed E-state index contributed by atoms with van der Waals surface area (Å²) in [6.07, 6.45) is 11.6. The molecule has 2 heterocycles. The van der Waals surface area contributed by atoms with Crippen LogP contribution in [0.2, 0.25) is 0 Å². The molecule has 84 valence electrons. The molecule has 3 heteroatoms. The molecule has 0 bridgehead atoms. The molecule has 2 nitrogen and oxygen atoms in total. The fourth-order valence-electron chi connectivity index (χ4n) is 2.72. The highest BCUT2D eigenvalue weighted by atomic mass is 79.9. The van der Waals surface area contributed by atoms with Crippen LogP contribution in [-0.2, 0) is 6.54 Å². The van der Waals surface area contributed by atoms with Crippen LogP contribution in [0.25, 0.3) is 10.9 Å². The van der Waals surface area contributed by atoms with Crippen LogP contribution in [0, 0.1) is 5.92 Å². The van der Waals surface area contributed by atoms with Crippen molar-refractivity contribution in [2.45, 2.75) is 32.2 Å². The van der Waals surface area contributed by atoms with Crippen LogP contribution in [0.3, 0.4) is 0 Å². The maximum Gasteiger partial charge on any atom is 0.0678 e. The molecule has 2 aromatic rings. The minimum Gasteiger partial charge on any atom is -0.345 e. The molecule has 3 rings (SSSR count). The van der Waals surface area contributed by atoms with Gasteiger partial charge in [-0.2, -0.15) is 0 Å². The third-order valence-corrected chi connectivity index (χ3v) is 4.20. The number of nitrogens with zero attached hydrogens (tertiary/aromatic N) is 2. The van der Waals surface area contributed by atoms with Gasteiger partial charge in [-0.15, -0.1) is 0 Å². The molecule has 0 atom stereocenters. The molecule has 0 spiro atoms.